The average molecular weight is 444 g/mol. The van der Waals surface area contributed by atoms with E-state index in [-0.39, 0.29) is 17.1 Å². The molecule has 1 atom stereocenters. The monoisotopic (exact) mass is 444 g/mol. The van der Waals surface area contributed by atoms with Gasteiger partial charge in [0, 0.05) is 12.2 Å². The first-order valence-corrected chi connectivity index (χ1v) is 10.4. The van der Waals surface area contributed by atoms with Crippen LogP contribution in [0.15, 0.2) is 53.4 Å². The van der Waals surface area contributed by atoms with Crippen LogP contribution < -0.4 is 14.8 Å². The fraction of sp³-hybridized carbons (Fsp3) is 0.316. The molecule has 1 fully saturated rings. The van der Waals surface area contributed by atoms with Gasteiger partial charge in [-0.05, 0) is 61.4 Å². The number of carbonyl (C=O) groups excluding carboxylic acids is 1. The van der Waals surface area contributed by atoms with Crippen LogP contribution in [0.5, 0.6) is 11.5 Å². The predicted molar refractivity (Wildman–Crippen MR) is 102 cm³/mol. The van der Waals surface area contributed by atoms with Gasteiger partial charge in [0.15, 0.2) is 0 Å². The summed E-state index contributed by atoms with van der Waals surface area (Å²) in [7, 11) is -2.44. The van der Waals surface area contributed by atoms with Crippen LogP contribution in [0.2, 0.25) is 0 Å². The van der Waals surface area contributed by atoms with E-state index >= 15 is 0 Å². The van der Waals surface area contributed by atoms with Crippen molar-refractivity contribution in [3.8, 4) is 11.5 Å². The van der Waals surface area contributed by atoms with Gasteiger partial charge in [-0.1, -0.05) is 0 Å². The number of amides is 1. The molecule has 3 rings (SSSR count). The van der Waals surface area contributed by atoms with Crippen molar-refractivity contribution in [3.05, 3.63) is 48.5 Å². The Bertz CT molecular complexity index is 992. The Labute approximate surface area is 171 Å². The minimum Gasteiger partial charge on any atom is -0.497 e. The van der Waals surface area contributed by atoms with E-state index in [1.165, 1.54) is 43.5 Å². The SMILES string of the molecule is COc1ccc(S(=O)(=O)N2CCC[C@H]2C(=O)Nc2ccc(OC(F)(F)F)cc2)cc1. The van der Waals surface area contributed by atoms with Gasteiger partial charge in [-0.2, -0.15) is 4.31 Å². The van der Waals surface area contributed by atoms with Gasteiger partial charge in [0.1, 0.15) is 17.5 Å². The number of sulfonamides is 1. The Kier molecular flexibility index (Phi) is 6.22. The number of nitrogens with zero attached hydrogens (tertiary/aromatic N) is 1. The molecule has 7 nitrogen and oxygen atoms in total. The van der Waals surface area contributed by atoms with Gasteiger partial charge in [0.2, 0.25) is 15.9 Å². The van der Waals surface area contributed by atoms with Crippen molar-refractivity contribution in [2.45, 2.75) is 30.1 Å². The molecule has 0 radical (unpaired) electrons. The third-order valence-electron chi connectivity index (χ3n) is 4.53. The highest BCUT2D eigenvalue weighted by atomic mass is 32.2. The zero-order chi connectivity index (χ0) is 21.9. The Morgan fingerprint density at radius 1 is 1.07 bits per heavy atom. The maximum atomic E-state index is 13.0. The second-order valence-electron chi connectivity index (χ2n) is 6.51. The molecule has 0 aromatic heterocycles. The summed E-state index contributed by atoms with van der Waals surface area (Å²) in [5, 5.41) is 2.54. The molecule has 1 aliphatic heterocycles. The second-order valence-corrected chi connectivity index (χ2v) is 8.40. The summed E-state index contributed by atoms with van der Waals surface area (Å²) >= 11 is 0. The molecule has 0 aliphatic carbocycles. The van der Waals surface area contributed by atoms with E-state index in [4.69, 9.17) is 4.74 Å². The first-order valence-electron chi connectivity index (χ1n) is 8.93. The number of anilines is 1. The van der Waals surface area contributed by atoms with Gasteiger partial charge in [-0.3, -0.25) is 4.79 Å². The fourth-order valence-electron chi connectivity index (χ4n) is 3.14. The molecular weight excluding hydrogens is 425 g/mol. The number of methoxy groups -OCH3 is 1. The number of nitrogens with one attached hydrogen (secondary N) is 1. The van der Waals surface area contributed by atoms with Crippen molar-refractivity contribution in [2.24, 2.45) is 0 Å². The summed E-state index contributed by atoms with van der Waals surface area (Å²) in [5.74, 6) is -0.484. The van der Waals surface area contributed by atoms with Crippen molar-refractivity contribution in [1.29, 1.82) is 0 Å². The third kappa shape index (κ3) is 5.03. The van der Waals surface area contributed by atoms with Gasteiger partial charge in [0.05, 0.1) is 12.0 Å². The van der Waals surface area contributed by atoms with Gasteiger partial charge >= 0.3 is 6.36 Å². The normalized spacial score (nSPS) is 17.5. The Balaban J connectivity index is 1.72. The lowest BCUT2D eigenvalue weighted by molar-refractivity contribution is -0.274. The maximum absolute atomic E-state index is 13.0. The van der Waals surface area contributed by atoms with Crippen molar-refractivity contribution < 1.29 is 35.9 Å². The number of hydrogen-bond donors (Lipinski definition) is 1. The molecule has 0 spiro atoms. The zero-order valence-corrected chi connectivity index (χ0v) is 16.7. The maximum Gasteiger partial charge on any atom is 0.573 e. The molecule has 30 heavy (non-hydrogen) atoms. The molecule has 1 aliphatic rings. The van der Waals surface area contributed by atoms with Crippen molar-refractivity contribution in [1.82, 2.24) is 4.31 Å². The van der Waals surface area contributed by atoms with Crippen LogP contribution in [0.25, 0.3) is 0 Å². The van der Waals surface area contributed by atoms with E-state index < -0.39 is 34.1 Å². The number of halogens is 3. The van der Waals surface area contributed by atoms with Crippen LogP contribution in [0, 0.1) is 0 Å². The summed E-state index contributed by atoms with van der Waals surface area (Å²) in [6.45, 7) is 0.185. The quantitative estimate of drug-likeness (QED) is 0.739. The Morgan fingerprint density at radius 2 is 1.67 bits per heavy atom. The topological polar surface area (TPSA) is 84.9 Å². The number of ether oxygens (including phenoxy) is 2. The van der Waals surface area contributed by atoms with Crippen LogP contribution >= 0.6 is 0 Å². The van der Waals surface area contributed by atoms with Crippen molar-refractivity contribution in [3.63, 3.8) is 0 Å². The minimum absolute atomic E-state index is 0.0386. The van der Waals surface area contributed by atoms with E-state index in [1.807, 2.05) is 0 Å². The summed E-state index contributed by atoms with van der Waals surface area (Å²) in [6, 6.07) is 9.52. The predicted octanol–water partition coefficient (Wildman–Crippen LogP) is 3.39. The molecular formula is C19H19F3N2O5S. The number of carbonyl (C=O) groups is 1. The van der Waals surface area contributed by atoms with E-state index in [0.717, 1.165) is 16.4 Å². The Morgan fingerprint density at radius 3 is 2.23 bits per heavy atom. The van der Waals surface area contributed by atoms with Crippen LogP contribution in [0.1, 0.15) is 12.8 Å². The lowest BCUT2D eigenvalue weighted by atomic mass is 10.2. The summed E-state index contributed by atoms with van der Waals surface area (Å²) in [4.78, 5) is 12.7. The Hall–Kier alpha value is -2.79. The van der Waals surface area contributed by atoms with Gasteiger partial charge in [-0.15, -0.1) is 13.2 Å². The highest BCUT2D eigenvalue weighted by Gasteiger charge is 2.39. The molecule has 0 bridgehead atoms. The zero-order valence-electron chi connectivity index (χ0n) is 15.8. The molecule has 0 unspecified atom stereocenters. The number of hydrogen-bond acceptors (Lipinski definition) is 5. The van der Waals surface area contributed by atoms with E-state index in [9.17, 15) is 26.4 Å². The number of rotatable bonds is 6. The van der Waals surface area contributed by atoms with Crippen LogP contribution in [-0.2, 0) is 14.8 Å². The number of benzene rings is 2. The molecule has 1 amide bonds. The molecule has 1 saturated heterocycles. The highest BCUT2D eigenvalue weighted by Crippen LogP contribution is 2.29. The lowest BCUT2D eigenvalue weighted by Crippen LogP contribution is -2.43. The van der Waals surface area contributed by atoms with Crippen molar-refractivity contribution >= 4 is 21.6 Å². The fourth-order valence-corrected chi connectivity index (χ4v) is 4.79. The van der Waals surface area contributed by atoms with Crippen molar-refractivity contribution in [2.75, 3.05) is 19.0 Å². The van der Waals surface area contributed by atoms with E-state index in [0.29, 0.717) is 18.6 Å². The highest BCUT2D eigenvalue weighted by molar-refractivity contribution is 7.89. The second kappa shape index (κ2) is 8.52. The standard InChI is InChI=1S/C19H19F3N2O5S/c1-28-14-8-10-16(11-9-14)30(26,27)24-12-2-3-17(24)18(25)23-13-4-6-15(7-5-13)29-19(20,21)22/h4-11,17H,2-3,12H2,1H3,(H,23,25)/t17-/m0/s1. The largest absolute Gasteiger partial charge is 0.573 e. The lowest BCUT2D eigenvalue weighted by Gasteiger charge is -2.23. The third-order valence-corrected chi connectivity index (χ3v) is 6.45. The minimum atomic E-state index is -4.81. The molecule has 0 saturated carbocycles. The van der Waals surface area contributed by atoms with E-state index in [1.54, 1.807) is 0 Å². The molecule has 11 heteroatoms. The van der Waals surface area contributed by atoms with E-state index in [2.05, 4.69) is 10.1 Å². The molecule has 2 aromatic carbocycles. The molecule has 1 heterocycles. The van der Waals surface area contributed by atoms with Gasteiger partial charge < -0.3 is 14.8 Å². The number of alkyl halides is 3. The van der Waals surface area contributed by atoms with Crippen LogP contribution in [0.4, 0.5) is 18.9 Å². The molecule has 162 valence electrons. The summed E-state index contributed by atoms with van der Waals surface area (Å²) in [6.07, 6.45) is -3.98. The summed E-state index contributed by atoms with van der Waals surface area (Å²) < 4.78 is 72.6. The van der Waals surface area contributed by atoms with Crippen LogP contribution in [0.3, 0.4) is 0 Å². The summed E-state index contributed by atoms with van der Waals surface area (Å²) in [5.41, 5.74) is 0.225. The van der Waals surface area contributed by atoms with Gasteiger partial charge in [0.25, 0.3) is 0 Å². The first-order chi connectivity index (χ1) is 14.1. The smallest absolute Gasteiger partial charge is 0.497 e. The first kappa shape index (κ1) is 21.9. The van der Waals surface area contributed by atoms with Crippen LogP contribution in [-0.4, -0.2) is 44.7 Å². The molecule has 2 aromatic rings. The van der Waals surface area contributed by atoms with Gasteiger partial charge in [-0.25, -0.2) is 8.42 Å². The molecule has 1 N–H and O–H groups in total. The average Bonchev–Trinajstić information content (AvgIpc) is 3.19.